The van der Waals surface area contributed by atoms with E-state index in [1.807, 2.05) is 20.8 Å². The molecule has 2 aliphatic rings. The number of halogens is 3. The first kappa shape index (κ1) is 32.9. The highest BCUT2D eigenvalue weighted by atomic mass is 32.2. The Labute approximate surface area is 254 Å². The zero-order valence-corrected chi connectivity index (χ0v) is 26.1. The van der Waals surface area contributed by atoms with E-state index < -0.39 is 29.3 Å². The number of pyridine rings is 1. The van der Waals surface area contributed by atoms with E-state index in [9.17, 15) is 27.6 Å². The van der Waals surface area contributed by atoms with E-state index in [0.29, 0.717) is 68.0 Å². The van der Waals surface area contributed by atoms with E-state index in [0.717, 1.165) is 6.07 Å². The highest BCUT2D eigenvalue weighted by Crippen LogP contribution is 2.36. The fourth-order valence-electron chi connectivity index (χ4n) is 5.49. The number of hydrogen-bond donors (Lipinski definition) is 1. The number of benzene rings is 1. The first-order valence-electron chi connectivity index (χ1n) is 14.6. The molecule has 8 nitrogen and oxygen atoms in total. The molecule has 0 bridgehead atoms. The van der Waals surface area contributed by atoms with Crippen molar-refractivity contribution in [3.8, 4) is 0 Å². The molecule has 4 rings (SSSR count). The van der Waals surface area contributed by atoms with Gasteiger partial charge in [-0.1, -0.05) is 12.1 Å². The zero-order valence-electron chi connectivity index (χ0n) is 25.3. The maximum absolute atomic E-state index is 13.7. The molecule has 3 heterocycles. The van der Waals surface area contributed by atoms with Crippen molar-refractivity contribution in [1.82, 2.24) is 14.8 Å². The second-order valence-electron chi connectivity index (χ2n) is 12.1. The van der Waals surface area contributed by atoms with E-state index >= 15 is 0 Å². The summed E-state index contributed by atoms with van der Waals surface area (Å²) in [6, 6.07) is 4.59. The van der Waals surface area contributed by atoms with E-state index in [-0.39, 0.29) is 28.5 Å². The van der Waals surface area contributed by atoms with Crippen LogP contribution in [0.3, 0.4) is 0 Å². The average molecular weight is 624 g/mol. The molecule has 1 N–H and O–H groups in total. The summed E-state index contributed by atoms with van der Waals surface area (Å²) < 4.78 is 53.1. The summed E-state index contributed by atoms with van der Waals surface area (Å²) in [4.78, 5) is 41.7. The van der Waals surface area contributed by atoms with Gasteiger partial charge in [0.1, 0.15) is 5.60 Å². The van der Waals surface area contributed by atoms with E-state index in [4.69, 9.17) is 9.47 Å². The SMILES string of the molecule is Cc1c([C@@H](C)NC(=O)c2cn(C3CCOCC3)c(=O)cc2SC2CCN(C(=O)OC(C)(C)C)CC2)cccc1C(F)(F)F. The average Bonchev–Trinajstić information content (AvgIpc) is 2.92. The van der Waals surface area contributed by atoms with Crippen LogP contribution in [-0.2, 0) is 15.7 Å². The van der Waals surface area contributed by atoms with Gasteiger partial charge in [-0.05, 0) is 77.5 Å². The molecule has 12 heteroatoms. The molecule has 2 saturated heterocycles. The Bertz CT molecular complexity index is 1370. The molecule has 2 aromatic rings. The summed E-state index contributed by atoms with van der Waals surface area (Å²) in [5.41, 5.74) is -0.844. The lowest BCUT2D eigenvalue weighted by Crippen LogP contribution is -2.42. The Morgan fingerprint density at radius 3 is 2.35 bits per heavy atom. The van der Waals surface area contributed by atoms with Gasteiger partial charge in [0.2, 0.25) is 0 Å². The van der Waals surface area contributed by atoms with Crippen LogP contribution in [0.1, 0.15) is 92.5 Å². The van der Waals surface area contributed by atoms with Crippen LogP contribution in [0.15, 0.2) is 40.2 Å². The minimum Gasteiger partial charge on any atom is -0.444 e. The summed E-state index contributed by atoms with van der Waals surface area (Å²) in [5.74, 6) is -0.473. The van der Waals surface area contributed by atoms with Crippen LogP contribution in [0.25, 0.3) is 0 Å². The number of rotatable bonds is 6. The monoisotopic (exact) mass is 623 g/mol. The van der Waals surface area contributed by atoms with Crippen molar-refractivity contribution >= 4 is 23.8 Å². The van der Waals surface area contributed by atoms with Gasteiger partial charge in [-0.3, -0.25) is 9.59 Å². The molecule has 0 aliphatic carbocycles. The van der Waals surface area contributed by atoms with Gasteiger partial charge in [0.15, 0.2) is 0 Å². The topological polar surface area (TPSA) is 89.9 Å². The highest BCUT2D eigenvalue weighted by Gasteiger charge is 2.34. The summed E-state index contributed by atoms with van der Waals surface area (Å²) in [7, 11) is 0. The van der Waals surface area contributed by atoms with Crippen LogP contribution in [0.5, 0.6) is 0 Å². The van der Waals surface area contributed by atoms with Crippen molar-refractivity contribution in [3.63, 3.8) is 0 Å². The fourth-order valence-corrected chi connectivity index (χ4v) is 6.74. The van der Waals surface area contributed by atoms with Gasteiger partial charge in [0.25, 0.3) is 11.5 Å². The van der Waals surface area contributed by atoms with Gasteiger partial charge in [0, 0.05) is 54.8 Å². The number of aromatic nitrogens is 1. The van der Waals surface area contributed by atoms with Crippen LogP contribution >= 0.6 is 11.8 Å². The van der Waals surface area contributed by atoms with E-state index in [1.54, 1.807) is 28.7 Å². The summed E-state index contributed by atoms with van der Waals surface area (Å²) in [6.07, 6.45) is -0.730. The number of thioether (sulfide) groups is 1. The largest absolute Gasteiger partial charge is 0.444 e. The summed E-state index contributed by atoms with van der Waals surface area (Å²) in [5, 5.41) is 2.92. The molecule has 1 aromatic heterocycles. The van der Waals surface area contributed by atoms with Crippen LogP contribution < -0.4 is 10.9 Å². The molecule has 1 aromatic carbocycles. The molecule has 0 unspecified atom stereocenters. The number of amides is 2. The Balaban J connectivity index is 1.57. The van der Waals surface area contributed by atoms with Crippen LogP contribution in [0.2, 0.25) is 0 Å². The number of piperidine rings is 1. The molecule has 2 amide bonds. The third kappa shape index (κ3) is 8.35. The Morgan fingerprint density at radius 1 is 1.09 bits per heavy atom. The van der Waals surface area contributed by atoms with E-state index in [2.05, 4.69) is 5.32 Å². The van der Waals surface area contributed by atoms with Gasteiger partial charge < -0.3 is 24.3 Å². The molecular weight excluding hydrogens is 583 g/mol. The number of likely N-dealkylation sites (tertiary alicyclic amines) is 1. The first-order chi connectivity index (χ1) is 20.1. The lowest BCUT2D eigenvalue weighted by molar-refractivity contribution is -0.138. The number of hydrogen-bond acceptors (Lipinski definition) is 6. The highest BCUT2D eigenvalue weighted by molar-refractivity contribution is 8.00. The minimum atomic E-state index is -4.51. The third-order valence-electron chi connectivity index (χ3n) is 7.75. The Morgan fingerprint density at radius 2 is 1.74 bits per heavy atom. The van der Waals surface area contributed by atoms with Crippen molar-refractivity contribution in [2.24, 2.45) is 0 Å². The first-order valence-corrected chi connectivity index (χ1v) is 15.5. The van der Waals surface area contributed by atoms with Gasteiger partial charge in [-0.15, -0.1) is 11.8 Å². The maximum Gasteiger partial charge on any atom is 0.416 e. The van der Waals surface area contributed by atoms with Gasteiger partial charge in [-0.2, -0.15) is 13.2 Å². The second-order valence-corrected chi connectivity index (χ2v) is 13.5. The molecule has 0 radical (unpaired) electrons. The maximum atomic E-state index is 13.7. The van der Waals surface area contributed by atoms with Crippen molar-refractivity contribution in [1.29, 1.82) is 0 Å². The van der Waals surface area contributed by atoms with Crippen LogP contribution in [0, 0.1) is 6.92 Å². The zero-order chi connectivity index (χ0) is 31.5. The normalized spacial score (nSPS) is 17.9. The standard InChI is InChI=1S/C31H40F3N3O5S/c1-19-23(7-6-8-25(19)31(32,33)34)20(2)35-28(39)24-18-37(21-11-15-41-16-12-21)27(38)17-26(24)43-22-9-13-36(14-10-22)29(40)42-30(3,4)5/h6-8,17-18,20-22H,9-16H2,1-5H3,(H,35,39)/t20-/m1/s1. The van der Waals surface area contributed by atoms with Crippen LogP contribution in [0.4, 0.5) is 18.0 Å². The minimum absolute atomic E-state index is 0.0479. The third-order valence-corrected chi connectivity index (χ3v) is 9.15. The molecule has 0 spiro atoms. The van der Waals surface area contributed by atoms with Crippen LogP contribution in [-0.4, -0.2) is 58.6 Å². The molecule has 1 atom stereocenters. The van der Waals surface area contributed by atoms with Gasteiger partial charge in [0.05, 0.1) is 17.2 Å². The van der Waals surface area contributed by atoms with Crippen molar-refractivity contribution in [2.45, 2.75) is 94.3 Å². The fraction of sp³-hybridized carbons (Fsp3) is 0.581. The van der Waals surface area contributed by atoms with E-state index in [1.165, 1.54) is 30.8 Å². The molecule has 2 aliphatic heterocycles. The quantitative estimate of drug-likeness (QED) is 0.395. The number of nitrogens with one attached hydrogen (secondary N) is 1. The number of ether oxygens (including phenoxy) is 2. The number of alkyl halides is 3. The summed E-state index contributed by atoms with van der Waals surface area (Å²) in [6.45, 7) is 10.5. The lowest BCUT2D eigenvalue weighted by Gasteiger charge is -2.33. The molecule has 2 fully saturated rings. The van der Waals surface area contributed by atoms with Crippen molar-refractivity contribution in [3.05, 3.63) is 63.1 Å². The number of carbonyl (C=O) groups excluding carboxylic acids is 2. The van der Waals surface area contributed by atoms with Crippen molar-refractivity contribution in [2.75, 3.05) is 26.3 Å². The van der Waals surface area contributed by atoms with Gasteiger partial charge >= 0.3 is 12.3 Å². The van der Waals surface area contributed by atoms with Crippen molar-refractivity contribution < 1.29 is 32.2 Å². The summed E-state index contributed by atoms with van der Waals surface area (Å²) >= 11 is 1.42. The number of carbonyl (C=O) groups is 2. The predicted octanol–water partition coefficient (Wildman–Crippen LogP) is 6.51. The van der Waals surface area contributed by atoms with Gasteiger partial charge in [-0.25, -0.2) is 4.79 Å². The predicted molar refractivity (Wildman–Crippen MR) is 159 cm³/mol. The Hall–Kier alpha value is -2.99. The lowest BCUT2D eigenvalue weighted by atomic mass is 9.97. The Kier molecular flexibility index (Phi) is 10.2. The molecule has 0 saturated carbocycles. The number of nitrogens with zero attached hydrogens (tertiary/aromatic N) is 2. The smallest absolute Gasteiger partial charge is 0.416 e. The molecule has 43 heavy (non-hydrogen) atoms. The molecule has 236 valence electrons. The second kappa shape index (κ2) is 13.3. The molecular formula is C31H40F3N3O5S.